The first kappa shape index (κ1) is 13.1. The molecule has 0 aliphatic carbocycles. The number of hydrogen-bond donors (Lipinski definition) is 1. The molecule has 3 nitrogen and oxygen atoms in total. The molecule has 16 heavy (non-hydrogen) atoms. The molecule has 1 aromatic rings. The molecule has 0 amide bonds. The zero-order valence-corrected chi connectivity index (χ0v) is 10.0. The van der Waals surface area contributed by atoms with Gasteiger partial charge in [-0.2, -0.15) is 0 Å². The van der Waals surface area contributed by atoms with E-state index >= 15 is 0 Å². The number of aliphatic hydroxyl groups is 1. The Morgan fingerprint density at radius 2 is 1.81 bits per heavy atom. The van der Waals surface area contributed by atoms with Crippen molar-refractivity contribution in [3.8, 4) is 0 Å². The third kappa shape index (κ3) is 3.28. The number of halogens is 1. The summed E-state index contributed by atoms with van der Waals surface area (Å²) in [7, 11) is -3.61. The Morgan fingerprint density at radius 1 is 1.31 bits per heavy atom. The Bertz CT molecular complexity index is 437. The fraction of sp³-hybridized carbons (Fsp3) is 0.455. The minimum atomic E-state index is -3.61. The van der Waals surface area contributed by atoms with E-state index in [9.17, 15) is 17.9 Å². The summed E-state index contributed by atoms with van der Waals surface area (Å²) >= 11 is 0. The quantitative estimate of drug-likeness (QED) is 0.875. The van der Waals surface area contributed by atoms with Gasteiger partial charge in [0, 0.05) is 0 Å². The molecule has 1 aromatic carbocycles. The highest BCUT2D eigenvalue weighted by Crippen LogP contribution is 2.14. The van der Waals surface area contributed by atoms with Crippen LogP contribution in [0.15, 0.2) is 29.2 Å². The molecule has 1 rings (SSSR count). The van der Waals surface area contributed by atoms with Crippen molar-refractivity contribution in [2.24, 2.45) is 0 Å². The van der Waals surface area contributed by atoms with Crippen LogP contribution in [0.25, 0.3) is 0 Å². The van der Waals surface area contributed by atoms with Crippen LogP contribution in [-0.2, 0) is 9.84 Å². The standard InChI is InChI=1S/C11H15FO3S/c1-8-3-5-10(6-4-8)16(14,15)7-11(13)9(2)12/h3-6,9,11,13H,7H2,1-2H3/t9-,11+/m0/s1. The van der Waals surface area contributed by atoms with Crippen LogP contribution in [0, 0.1) is 6.92 Å². The number of rotatable bonds is 4. The van der Waals surface area contributed by atoms with Gasteiger partial charge in [0.05, 0.1) is 16.8 Å². The molecule has 0 spiro atoms. The van der Waals surface area contributed by atoms with Crippen molar-refractivity contribution in [2.75, 3.05) is 5.75 Å². The second-order valence-electron chi connectivity index (χ2n) is 3.84. The highest BCUT2D eigenvalue weighted by Gasteiger charge is 2.23. The van der Waals surface area contributed by atoms with Crippen molar-refractivity contribution in [3.05, 3.63) is 29.8 Å². The van der Waals surface area contributed by atoms with Crippen LogP contribution in [-0.4, -0.2) is 31.6 Å². The maximum Gasteiger partial charge on any atom is 0.181 e. The molecular formula is C11H15FO3S. The van der Waals surface area contributed by atoms with Gasteiger partial charge < -0.3 is 5.11 Å². The monoisotopic (exact) mass is 246 g/mol. The topological polar surface area (TPSA) is 54.4 Å². The molecule has 5 heteroatoms. The van der Waals surface area contributed by atoms with Gasteiger partial charge in [-0.25, -0.2) is 12.8 Å². The van der Waals surface area contributed by atoms with E-state index in [0.717, 1.165) is 12.5 Å². The van der Waals surface area contributed by atoms with E-state index in [0.29, 0.717) is 0 Å². The highest BCUT2D eigenvalue weighted by atomic mass is 32.2. The van der Waals surface area contributed by atoms with Gasteiger partial charge >= 0.3 is 0 Å². The molecule has 0 fully saturated rings. The zero-order valence-electron chi connectivity index (χ0n) is 9.22. The van der Waals surface area contributed by atoms with Gasteiger partial charge in [0.25, 0.3) is 0 Å². The van der Waals surface area contributed by atoms with Crippen molar-refractivity contribution in [1.82, 2.24) is 0 Å². The first-order valence-electron chi connectivity index (χ1n) is 4.94. The van der Waals surface area contributed by atoms with Gasteiger partial charge in [-0.1, -0.05) is 17.7 Å². The molecule has 0 aromatic heterocycles. The van der Waals surface area contributed by atoms with Gasteiger partial charge in [-0.05, 0) is 26.0 Å². The van der Waals surface area contributed by atoms with E-state index in [1.807, 2.05) is 6.92 Å². The predicted molar refractivity (Wildman–Crippen MR) is 59.8 cm³/mol. The van der Waals surface area contributed by atoms with E-state index in [2.05, 4.69) is 0 Å². The van der Waals surface area contributed by atoms with E-state index in [-0.39, 0.29) is 4.90 Å². The van der Waals surface area contributed by atoms with Gasteiger partial charge in [0.2, 0.25) is 0 Å². The molecule has 0 saturated heterocycles. The van der Waals surface area contributed by atoms with Crippen LogP contribution in [0.1, 0.15) is 12.5 Å². The first-order valence-corrected chi connectivity index (χ1v) is 6.60. The molecule has 90 valence electrons. The molecular weight excluding hydrogens is 231 g/mol. The lowest BCUT2D eigenvalue weighted by Crippen LogP contribution is -2.28. The molecule has 1 N–H and O–H groups in total. The second-order valence-corrected chi connectivity index (χ2v) is 5.87. The summed E-state index contributed by atoms with van der Waals surface area (Å²) in [6.45, 7) is 2.98. The SMILES string of the molecule is Cc1ccc(S(=O)(=O)C[C@@H](O)[C@H](C)F)cc1. The average molecular weight is 246 g/mol. The third-order valence-corrected chi connectivity index (χ3v) is 4.07. The first-order chi connectivity index (χ1) is 7.33. The van der Waals surface area contributed by atoms with Gasteiger partial charge in [0.1, 0.15) is 6.17 Å². The smallest absolute Gasteiger partial charge is 0.181 e. The summed E-state index contributed by atoms with van der Waals surface area (Å²) in [5.41, 5.74) is 0.943. The van der Waals surface area contributed by atoms with Gasteiger partial charge in [0.15, 0.2) is 9.84 Å². The fourth-order valence-corrected chi connectivity index (χ4v) is 2.66. The van der Waals surface area contributed by atoms with Gasteiger partial charge in [-0.15, -0.1) is 0 Å². The van der Waals surface area contributed by atoms with E-state index < -0.39 is 27.9 Å². The van der Waals surface area contributed by atoms with Gasteiger partial charge in [-0.3, -0.25) is 0 Å². The number of alkyl halides is 1. The third-order valence-electron chi connectivity index (χ3n) is 2.30. The van der Waals surface area contributed by atoms with Crippen molar-refractivity contribution in [1.29, 1.82) is 0 Å². The number of hydrogen-bond acceptors (Lipinski definition) is 3. The summed E-state index contributed by atoms with van der Waals surface area (Å²) in [5, 5.41) is 9.22. The highest BCUT2D eigenvalue weighted by molar-refractivity contribution is 7.91. The number of benzene rings is 1. The molecule has 0 aliphatic heterocycles. The fourth-order valence-electron chi connectivity index (χ4n) is 1.20. The van der Waals surface area contributed by atoms with Crippen molar-refractivity contribution < 1.29 is 17.9 Å². The van der Waals surface area contributed by atoms with Crippen LogP contribution in [0.3, 0.4) is 0 Å². The molecule has 0 saturated carbocycles. The maximum absolute atomic E-state index is 12.7. The predicted octanol–water partition coefficient (Wildman–Crippen LogP) is 1.49. The molecule has 0 bridgehead atoms. The Labute approximate surface area is 94.8 Å². The summed E-state index contributed by atoms with van der Waals surface area (Å²) in [6.07, 6.45) is -3.04. The van der Waals surface area contributed by atoms with Crippen LogP contribution in [0.5, 0.6) is 0 Å². The lowest BCUT2D eigenvalue weighted by Gasteiger charge is -2.12. The molecule has 0 unspecified atom stereocenters. The maximum atomic E-state index is 12.7. The largest absolute Gasteiger partial charge is 0.389 e. The van der Waals surface area contributed by atoms with Crippen LogP contribution < -0.4 is 0 Å². The molecule has 2 atom stereocenters. The van der Waals surface area contributed by atoms with Crippen molar-refractivity contribution >= 4 is 9.84 Å². The summed E-state index contributed by atoms with van der Waals surface area (Å²) < 4.78 is 36.2. The van der Waals surface area contributed by atoms with E-state index in [4.69, 9.17) is 0 Å². The number of sulfone groups is 1. The van der Waals surface area contributed by atoms with Crippen LogP contribution in [0.4, 0.5) is 4.39 Å². The van der Waals surface area contributed by atoms with Crippen molar-refractivity contribution in [2.45, 2.75) is 31.0 Å². The Balaban J connectivity index is 2.90. The minimum absolute atomic E-state index is 0.109. The van der Waals surface area contributed by atoms with E-state index in [1.54, 1.807) is 12.1 Å². The Kier molecular flexibility index (Phi) is 4.04. The normalized spacial score (nSPS) is 15.8. The minimum Gasteiger partial charge on any atom is -0.389 e. The van der Waals surface area contributed by atoms with Crippen molar-refractivity contribution in [3.63, 3.8) is 0 Å². The summed E-state index contributed by atoms with van der Waals surface area (Å²) in [4.78, 5) is 0.109. The lowest BCUT2D eigenvalue weighted by molar-refractivity contribution is 0.106. The Hall–Kier alpha value is -0.940. The molecule has 0 aliphatic rings. The summed E-state index contributed by atoms with van der Waals surface area (Å²) in [6, 6.07) is 6.25. The number of aryl methyl sites for hydroxylation is 1. The average Bonchev–Trinajstić information content (AvgIpc) is 2.17. The summed E-state index contributed by atoms with van der Waals surface area (Å²) in [5.74, 6) is -0.590. The Morgan fingerprint density at radius 3 is 2.25 bits per heavy atom. The van der Waals surface area contributed by atoms with E-state index in [1.165, 1.54) is 12.1 Å². The zero-order chi connectivity index (χ0) is 12.3. The molecule has 0 heterocycles. The number of aliphatic hydroxyl groups excluding tert-OH is 1. The second kappa shape index (κ2) is 4.93. The van der Waals surface area contributed by atoms with Crippen LogP contribution >= 0.6 is 0 Å². The van der Waals surface area contributed by atoms with Crippen LogP contribution in [0.2, 0.25) is 0 Å². The molecule has 0 radical (unpaired) electrons. The lowest BCUT2D eigenvalue weighted by atomic mass is 10.2.